The van der Waals surface area contributed by atoms with Crippen LogP contribution >= 0.6 is 0 Å². The summed E-state index contributed by atoms with van der Waals surface area (Å²) in [6.45, 7) is 0. The first-order chi connectivity index (χ1) is 9.10. The zero-order valence-electron chi connectivity index (χ0n) is 10.7. The van der Waals surface area contributed by atoms with E-state index in [1.165, 1.54) is 13.1 Å². The molecular weight excluding hydrogens is 244 g/mol. The Morgan fingerprint density at radius 1 is 1.05 bits per heavy atom. The quantitative estimate of drug-likeness (QED) is 0.786. The van der Waals surface area contributed by atoms with Crippen molar-refractivity contribution in [1.82, 2.24) is 5.32 Å². The van der Waals surface area contributed by atoms with E-state index < -0.39 is 5.97 Å². The molecule has 0 bridgehead atoms. The van der Waals surface area contributed by atoms with Crippen molar-refractivity contribution in [3.8, 4) is 0 Å². The van der Waals surface area contributed by atoms with Crippen LogP contribution < -0.4 is 10.6 Å². The Bertz CT molecular complexity index is 665. The third-order valence-corrected chi connectivity index (χ3v) is 3.01. The van der Waals surface area contributed by atoms with E-state index in [1.54, 1.807) is 31.3 Å². The highest BCUT2D eigenvalue weighted by atomic mass is 16.4. The van der Waals surface area contributed by atoms with Gasteiger partial charge in [0.15, 0.2) is 0 Å². The highest BCUT2D eigenvalue weighted by Gasteiger charge is 2.17. The molecule has 1 amide bonds. The number of carbonyl (C=O) groups excluding carboxylic acids is 1. The zero-order chi connectivity index (χ0) is 14.0. The van der Waals surface area contributed by atoms with Gasteiger partial charge in [0.1, 0.15) is 0 Å². The van der Waals surface area contributed by atoms with Crippen molar-refractivity contribution in [2.75, 3.05) is 19.4 Å². The first-order valence-corrected chi connectivity index (χ1v) is 5.79. The van der Waals surface area contributed by atoms with E-state index in [0.29, 0.717) is 16.3 Å². The number of hydrogen-bond acceptors (Lipinski definition) is 3. The predicted molar refractivity (Wildman–Crippen MR) is 73.8 cm³/mol. The number of anilines is 1. The van der Waals surface area contributed by atoms with E-state index in [0.717, 1.165) is 5.69 Å². The molecule has 3 N–H and O–H groups in total. The largest absolute Gasteiger partial charge is 0.478 e. The minimum atomic E-state index is -1.05. The van der Waals surface area contributed by atoms with Gasteiger partial charge in [-0.25, -0.2) is 4.79 Å². The molecule has 0 saturated heterocycles. The highest BCUT2D eigenvalue weighted by Crippen LogP contribution is 2.29. The van der Waals surface area contributed by atoms with Crippen molar-refractivity contribution in [3.63, 3.8) is 0 Å². The van der Waals surface area contributed by atoms with Crippen LogP contribution in [0.4, 0.5) is 5.69 Å². The molecule has 0 saturated carbocycles. The molecule has 5 nitrogen and oxygen atoms in total. The SMILES string of the molecule is CNC(=O)c1ccc(NC)c2cccc(C(=O)O)c12. The Morgan fingerprint density at radius 2 is 1.79 bits per heavy atom. The summed E-state index contributed by atoms with van der Waals surface area (Å²) in [5.41, 5.74) is 1.26. The van der Waals surface area contributed by atoms with Gasteiger partial charge < -0.3 is 15.7 Å². The van der Waals surface area contributed by atoms with E-state index >= 15 is 0 Å². The van der Waals surface area contributed by atoms with Crippen LogP contribution in [0.2, 0.25) is 0 Å². The van der Waals surface area contributed by atoms with Crippen LogP contribution in [0.3, 0.4) is 0 Å². The monoisotopic (exact) mass is 258 g/mol. The van der Waals surface area contributed by atoms with Crippen LogP contribution in [0.15, 0.2) is 30.3 Å². The second-order valence-corrected chi connectivity index (χ2v) is 4.02. The first kappa shape index (κ1) is 12.9. The Labute approximate surface area is 110 Å². The fourth-order valence-electron chi connectivity index (χ4n) is 2.13. The molecule has 0 aliphatic heterocycles. The molecule has 0 spiro atoms. The lowest BCUT2D eigenvalue weighted by Gasteiger charge is -2.12. The van der Waals surface area contributed by atoms with E-state index in [-0.39, 0.29) is 11.5 Å². The second-order valence-electron chi connectivity index (χ2n) is 4.02. The maximum absolute atomic E-state index is 11.9. The number of carboxylic acid groups (broad SMARTS) is 1. The van der Waals surface area contributed by atoms with Crippen molar-refractivity contribution in [2.45, 2.75) is 0 Å². The van der Waals surface area contributed by atoms with Crippen molar-refractivity contribution >= 4 is 28.3 Å². The lowest BCUT2D eigenvalue weighted by molar-refractivity contribution is 0.0699. The van der Waals surface area contributed by atoms with Crippen LogP contribution in [0, 0.1) is 0 Å². The Kier molecular flexibility index (Phi) is 3.37. The molecule has 0 aliphatic rings. The number of hydrogen-bond donors (Lipinski definition) is 3. The molecule has 2 rings (SSSR count). The smallest absolute Gasteiger partial charge is 0.336 e. The molecule has 19 heavy (non-hydrogen) atoms. The summed E-state index contributed by atoms with van der Waals surface area (Å²) in [4.78, 5) is 23.2. The maximum atomic E-state index is 11.9. The van der Waals surface area contributed by atoms with Gasteiger partial charge in [-0.05, 0) is 18.2 Å². The van der Waals surface area contributed by atoms with Gasteiger partial charge in [0.05, 0.1) is 5.56 Å². The molecule has 0 aliphatic carbocycles. The van der Waals surface area contributed by atoms with E-state index in [2.05, 4.69) is 10.6 Å². The highest BCUT2D eigenvalue weighted by molar-refractivity contribution is 6.16. The molecule has 0 atom stereocenters. The topological polar surface area (TPSA) is 78.4 Å². The Hall–Kier alpha value is -2.56. The van der Waals surface area contributed by atoms with Gasteiger partial charge in [-0.2, -0.15) is 0 Å². The second kappa shape index (κ2) is 4.97. The molecular formula is C14H14N2O3. The summed E-state index contributed by atoms with van der Waals surface area (Å²) in [5, 5.41) is 16.0. The standard InChI is InChI=1S/C14H14N2O3/c1-15-11-7-6-9(13(17)16-2)12-8(11)4-3-5-10(12)14(18)19/h3-7,15H,1-2H3,(H,16,17)(H,18,19). The number of benzene rings is 2. The zero-order valence-corrected chi connectivity index (χ0v) is 10.7. The molecule has 5 heteroatoms. The molecule has 0 fully saturated rings. The Balaban J connectivity index is 2.91. The molecule has 2 aromatic carbocycles. The maximum Gasteiger partial charge on any atom is 0.336 e. The van der Waals surface area contributed by atoms with Gasteiger partial charge in [0.25, 0.3) is 5.91 Å². The summed E-state index contributed by atoms with van der Waals surface area (Å²) in [7, 11) is 3.27. The summed E-state index contributed by atoms with van der Waals surface area (Å²) in [6, 6.07) is 8.34. The molecule has 0 heterocycles. The fourth-order valence-corrected chi connectivity index (χ4v) is 2.13. The molecule has 2 aromatic rings. The minimum Gasteiger partial charge on any atom is -0.478 e. The van der Waals surface area contributed by atoms with Crippen LogP contribution in [0.25, 0.3) is 10.8 Å². The molecule has 98 valence electrons. The molecule has 0 aromatic heterocycles. The van der Waals surface area contributed by atoms with Crippen LogP contribution in [-0.2, 0) is 0 Å². The fraction of sp³-hybridized carbons (Fsp3) is 0.143. The summed E-state index contributed by atoms with van der Waals surface area (Å²) < 4.78 is 0. The summed E-state index contributed by atoms with van der Waals surface area (Å²) in [6.07, 6.45) is 0. The number of amides is 1. The van der Waals surface area contributed by atoms with Crippen molar-refractivity contribution in [1.29, 1.82) is 0 Å². The van der Waals surface area contributed by atoms with Gasteiger partial charge in [-0.3, -0.25) is 4.79 Å². The third-order valence-electron chi connectivity index (χ3n) is 3.01. The van der Waals surface area contributed by atoms with Gasteiger partial charge >= 0.3 is 5.97 Å². The summed E-state index contributed by atoms with van der Waals surface area (Å²) in [5.74, 6) is -1.36. The van der Waals surface area contributed by atoms with Gasteiger partial charge in [-0.15, -0.1) is 0 Å². The number of fused-ring (bicyclic) bond motifs is 1. The van der Waals surface area contributed by atoms with Crippen molar-refractivity contribution in [3.05, 3.63) is 41.5 Å². The third kappa shape index (κ3) is 2.10. The van der Waals surface area contributed by atoms with E-state index in [1.807, 2.05) is 0 Å². The first-order valence-electron chi connectivity index (χ1n) is 5.79. The lowest BCUT2D eigenvalue weighted by Crippen LogP contribution is -2.19. The van der Waals surface area contributed by atoms with Gasteiger partial charge in [0, 0.05) is 36.1 Å². The van der Waals surface area contributed by atoms with Crippen LogP contribution in [-0.4, -0.2) is 31.1 Å². The average Bonchev–Trinajstić information content (AvgIpc) is 2.44. The van der Waals surface area contributed by atoms with Crippen LogP contribution in [0.1, 0.15) is 20.7 Å². The van der Waals surface area contributed by atoms with Crippen molar-refractivity contribution < 1.29 is 14.7 Å². The summed E-state index contributed by atoms with van der Waals surface area (Å²) >= 11 is 0. The van der Waals surface area contributed by atoms with Gasteiger partial charge in [0.2, 0.25) is 0 Å². The lowest BCUT2D eigenvalue weighted by atomic mass is 9.97. The normalized spacial score (nSPS) is 10.2. The van der Waals surface area contributed by atoms with E-state index in [4.69, 9.17) is 0 Å². The Morgan fingerprint density at radius 3 is 2.37 bits per heavy atom. The number of carboxylic acids is 1. The molecule has 0 radical (unpaired) electrons. The minimum absolute atomic E-state index is 0.119. The number of aromatic carboxylic acids is 1. The average molecular weight is 258 g/mol. The van der Waals surface area contributed by atoms with Crippen LogP contribution in [0.5, 0.6) is 0 Å². The van der Waals surface area contributed by atoms with Crippen molar-refractivity contribution in [2.24, 2.45) is 0 Å². The molecule has 0 unspecified atom stereocenters. The number of rotatable bonds is 3. The van der Waals surface area contributed by atoms with Gasteiger partial charge in [-0.1, -0.05) is 12.1 Å². The predicted octanol–water partition coefficient (Wildman–Crippen LogP) is 1.94. The number of nitrogens with one attached hydrogen (secondary N) is 2. The number of carbonyl (C=O) groups is 2. The van der Waals surface area contributed by atoms with E-state index in [9.17, 15) is 14.7 Å².